The third kappa shape index (κ3) is 5.03. The van der Waals surface area contributed by atoms with Gasteiger partial charge >= 0.3 is 0 Å². The summed E-state index contributed by atoms with van der Waals surface area (Å²) >= 11 is 0. The van der Waals surface area contributed by atoms with E-state index in [9.17, 15) is 0 Å². The molecule has 10 heteroatoms. The Bertz CT molecular complexity index is 959. The van der Waals surface area contributed by atoms with Gasteiger partial charge in [-0.05, 0) is 25.1 Å². The Morgan fingerprint density at radius 2 is 1.73 bits per heavy atom. The van der Waals surface area contributed by atoms with E-state index in [2.05, 4.69) is 30.6 Å². The molecule has 2 heterocycles. The van der Waals surface area contributed by atoms with E-state index in [0.717, 1.165) is 24.3 Å². The van der Waals surface area contributed by atoms with E-state index in [0.29, 0.717) is 41.3 Å². The van der Waals surface area contributed by atoms with Crippen molar-refractivity contribution >= 4 is 17.5 Å². The fourth-order valence-electron chi connectivity index (χ4n) is 2.76. The van der Waals surface area contributed by atoms with Gasteiger partial charge in [-0.1, -0.05) is 0 Å². The number of nitrogens with zero attached hydrogens (tertiary/aromatic N) is 4. The molecule has 2 aromatic heterocycles. The fourth-order valence-corrected chi connectivity index (χ4v) is 2.76. The van der Waals surface area contributed by atoms with Crippen molar-refractivity contribution in [1.29, 1.82) is 0 Å². The normalized spacial score (nSPS) is 10.4. The zero-order valence-electron chi connectivity index (χ0n) is 17.2. The Balaban J connectivity index is 1.84. The minimum atomic E-state index is 0.378. The molecule has 0 atom stereocenters. The summed E-state index contributed by atoms with van der Waals surface area (Å²) in [4.78, 5) is 17.3. The van der Waals surface area contributed by atoms with E-state index in [-0.39, 0.29) is 0 Å². The molecule has 0 aliphatic heterocycles. The highest BCUT2D eigenvalue weighted by molar-refractivity contribution is 5.66. The van der Waals surface area contributed by atoms with Crippen LogP contribution >= 0.6 is 0 Å². The first-order chi connectivity index (χ1) is 14.7. The lowest BCUT2D eigenvalue weighted by Gasteiger charge is -2.14. The number of rotatable bonds is 10. The number of anilines is 3. The molecule has 158 valence electrons. The third-order valence-electron chi connectivity index (χ3n) is 4.20. The number of aromatic nitrogens is 4. The highest BCUT2D eigenvalue weighted by Gasteiger charge is 2.14. The molecule has 3 rings (SSSR count). The first-order valence-electron chi connectivity index (χ1n) is 9.35. The molecule has 1 aromatic carbocycles. The first kappa shape index (κ1) is 21.1. The van der Waals surface area contributed by atoms with E-state index < -0.39 is 0 Å². The van der Waals surface area contributed by atoms with Crippen LogP contribution in [0.25, 0.3) is 11.4 Å². The van der Waals surface area contributed by atoms with Crippen LogP contribution in [-0.2, 0) is 0 Å². The molecule has 0 saturated carbocycles. The van der Waals surface area contributed by atoms with Gasteiger partial charge in [-0.25, -0.2) is 15.0 Å². The number of hydrogen-bond donors (Lipinski definition) is 3. The predicted octanol–water partition coefficient (Wildman–Crippen LogP) is 2.46. The molecular weight excluding hydrogens is 386 g/mol. The summed E-state index contributed by atoms with van der Waals surface area (Å²) < 4.78 is 16.1. The Labute approximate surface area is 174 Å². The summed E-state index contributed by atoms with van der Waals surface area (Å²) in [5.74, 6) is 3.19. The van der Waals surface area contributed by atoms with Crippen LogP contribution in [0.2, 0.25) is 0 Å². The zero-order chi connectivity index (χ0) is 21.3. The van der Waals surface area contributed by atoms with Crippen molar-refractivity contribution in [1.82, 2.24) is 19.9 Å². The lowest BCUT2D eigenvalue weighted by Crippen LogP contribution is -2.09. The standard InChI is InChI=1S/C20H25N7O3/c1-28-15-10-14(11-16(29-2)18(15)30-3)26-20-25-12-24-19(27-20)13-5-8-23-17(9-13)22-7-4-6-21/h5,8-12H,4,6-7,21H2,1-3H3,(H,22,23)(H,24,25,26,27). The minimum absolute atomic E-state index is 0.378. The first-order valence-corrected chi connectivity index (χ1v) is 9.35. The minimum Gasteiger partial charge on any atom is -0.493 e. The number of nitrogens with two attached hydrogens (primary N) is 1. The fraction of sp³-hybridized carbons (Fsp3) is 0.300. The monoisotopic (exact) mass is 411 g/mol. The molecule has 0 radical (unpaired) electrons. The summed E-state index contributed by atoms with van der Waals surface area (Å²) in [5.41, 5.74) is 7.03. The van der Waals surface area contributed by atoms with Crippen LogP contribution in [0, 0.1) is 0 Å². The van der Waals surface area contributed by atoms with Crippen LogP contribution in [0.4, 0.5) is 17.5 Å². The Morgan fingerprint density at radius 3 is 2.40 bits per heavy atom. The topological polar surface area (TPSA) is 129 Å². The molecule has 0 fully saturated rings. The molecule has 0 saturated heterocycles. The van der Waals surface area contributed by atoms with Gasteiger partial charge in [-0.2, -0.15) is 4.98 Å². The zero-order valence-corrected chi connectivity index (χ0v) is 17.2. The van der Waals surface area contributed by atoms with E-state index in [1.807, 2.05) is 12.1 Å². The van der Waals surface area contributed by atoms with Gasteiger partial charge < -0.3 is 30.6 Å². The third-order valence-corrected chi connectivity index (χ3v) is 4.20. The molecule has 30 heavy (non-hydrogen) atoms. The van der Waals surface area contributed by atoms with Crippen LogP contribution in [0.1, 0.15) is 6.42 Å². The number of benzene rings is 1. The quantitative estimate of drug-likeness (QED) is 0.428. The summed E-state index contributed by atoms with van der Waals surface area (Å²) in [6.07, 6.45) is 4.02. The van der Waals surface area contributed by atoms with Crippen molar-refractivity contribution in [2.24, 2.45) is 5.73 Å². The van der Waals surface area contributed by atoms with E-state index in [1.165, 1.54) is 6.33 Å². The van der Waals surface area contributed by atoms with Crippen molar-refractivity contribution in [3.8, 4) is 28.6 Å². The second-order valence-corrected chi connectivity index (χ2v) is 6.17. The maximum Gasteiger partial charge on any atom is 0.230 e. The van der Waals surface area contributed by atoms with Gasteiger partial charge in [0.05, 0.1) is 21.3 Å². The SMILES string of the molecule is COc1cc(Nc2ncnc(-c3ccnc(NCCCN)c3)n2)cc(OC)c1OC. The van der Waals surface area contributed by atoms with E-state index in [4.69, 9.17) is 19.9 Å². The molecule has 0 amide bonds. The Kier molecular flexibility index (Phi) is 7.17. The molecule has 0 spiro atoms. The van der Waals surface area contributed by atoms with Gasteiger partial charge in [0, 0.05) is 36.1 Å². The highest BCUT2D eigenvalue weighted by Crippen LogP contribution is 2.40. The largest absolute Gasteiger partial charge is 0.493 e. The summed E-state index contributed by atoms with van der Waals surface area (Å²) in [6, 6.07) is 7.27. The number of methoxy groups -OCH3 is 3. The van der Waals surface area contributed by atoms with Crippen LogP contribution in [0.3, 0.4) is 0 Å². The molecule has 10 nitrogen and oxygen atoms in total. The molecule has 0 bridgehead atoms. The second-order valence-electron chi connectivity index (χ2n) is 6.17. The van der Waals surface area contributed by atoms with Crippen LogP contribution in [0.15, 0.2) is 36.8 Å². The second kappa shape index (κ2) is 10.2. The lowest BCUT2D eigenvalue weighted by atomic mass is 10.2. The van der Waals surface area contributed by atoms with Crippen LogP contribution in [0.5, 0.6) is 17.2 Å². The van der Waals surface area contributed by atoms with Gasteiger partial charge in [0.25, 0.3) is 0 Å². The maximum atomic E-state index is 5.53. The number of ether oxygens (including phenoxy) is 3. The van der Waals surface area contributed by atoms with Crippen molar-refractivity contribution in [3.63, 3.8) is 0 Å². The highest BCUT2D eigenvalue weighted by atomic mass is 16.5. The van der Waals surface area contributed by atoms with Gasteiger partial charge in [-0.3, -0.25) is 0 Å². The molecular formula is C20H25N7O3. The van der Waals surface area contributed by atoms with Gasteiger partial charge in [0.15, 0.2) is 17.3 Å². The van der Waals surface area contributed by atoms with Gasteiger partial charge in [0.1, 0.15) is 12.1 Å². The Hall–Kier alpha value is -3.66. The molecule has 0 aliphatic carbocycles. The van der Waals surface area contributed by atoms with E-state index in [1.54, 1.807) is 39.7 Å². The smallest absolute Gasteiger partial charge is 0.230 e. The molecule has 4 N–H and O–H groups in total. The maximum absolute atomic E-state index is 5.53. The Morgan fingerprint density at radius 1 is 0.967 bits per heavy atom. The van der Waals surface area contributed by atoms with Crippen molar-refractivity contribution in [2.75, 3.05) is 45.1 Å². The van der Waals surface area contributed by atoms with Crippen molar-refractivity contribution < 1.29 is 14.2 Å². The van der Waals surface area contributed by atoms with Crippen LogP contribution < -0.4 is 30.6 Å². The number of nitrogens with one attached hydrogen (secondary N) is 2. The van der Waals surface area contributed by atoms with Gasteiger partial charge in [-0.15, -0.1) is 0 Å². The summed E-state index contributed by atoms with van der Waals surface area (Å²) in [5, 5.41) is 6.38. The average molecular weight is 411 g/mol. The van der Waals surface area contributed by atoms with Gasteiger partial charge in [0.2, 0.25) is 11.7 Å². The number of hydrogen-bond acceptors (Lipinski definition) is 10. The molecule has 0 unspecified atom stereocenters. The van der Waals surface area contributed by atoms with Crippen molar-refractivity contribution in [3.05, 3.63) is 36.8 Å². The average Bonchev–Trinajstić information content (AvgIpc) is 2.79. The molecule has 3 aromatic rings. The summed E-state index contributed by atoms with van der Waals surface area (Å²) in [7, 11) is 4.68. The summed E-state index contributed by atoms with van der Waals surface area (Å²) in [6.45, 7) is 1.37. The van der Waals surface area contributed by atoms with Crippen LogP contribution in [-0.4, -0.2) is 54.4 Å². The number of pyridine rings is 1. The predicted molar refractivity (Wildman–Crippen MR) is 115 cm³/mol. The van der Waals surface area contributed by atoms with Crippen molar-refractivity contribution in [2.45, 2.75) is 6.42 Å². The molecule has 0 aliphatic rings. The lowest BCUT2D eigenvalue weighted by molar-refractivity contribution is 0.324. The van der Waals surface area contributed by atoms with E-state index >= 15 is 0 Å².